The number of amides is 2. The first kappa shape index (κ1) is 16.2. The fourth-order valence-electron chi connectivity index (χ4n) is 3.13. The molecule has 3 N–H and O–H groups in total. The van der Waals surface area contributed by atoms with Gasteiger partial charge in [0.15, 0.2) is 0 Å². The van der Waals surface area contributed by atoms with E-state index in [1.165, 1.54) is 25.7 Å². The summed E-state index contributed by atoms with van der Waals surface area (Å²) in [6, 6.07) is 3.38. The molecule has 2 aromatic rings. The Kier molecular flexibility index (Phi) is 4.88. The molecule has 2 heterocycles. The Balaban J connectivity index is 1.72. The van der Waals surface area contributed by atoms with Gasteiger partial charge in [-0.05, 0) is 24.5 Å². The maximum absolute atomic E-state index is 12.1. The molecule has 1 aliphatic rings. The average molecular weight is 328 g/mol. The van der Waals surface area contributed by atoms with E-state index in [9.17, 15) is 9.59 Å². The second-order valence-corrected chi connectivity index (χ2v) is 6.07. The molecule has 0 atom stereocenters. The average Bonchev–Trinajstić information content (AvgIpc) is 3.23. The van der Waals surface area contributed by atoms with Gasteiger partial charge in [0.25, 0.3) is 5.91 Å². The van der Waals surface area contributed by atoms with E-state index in [2.05, 4.69) is 15.5 Å². The molecule has 0 aliphatic heterocycles. The van der Waals surface area contributed by atoms with Gasteiger partial charge in [-0.15, -0.1) is 0 Å². The lowest BCUT2D eigenvalue weighted by Gasteiger charge is -2.08. The number of anilines is 1. The molecule has 7 heteroatoms. The minimum absolute atomic E-state index is 0.00531. The largest absolute Gasteiger partial charge is 0.365 e. The zero-order chi connectivity index (χ0) is 16.9. The number of hydrogen-bond acceptors (Lipinski definition) is 5. The number of nitrogens with two attached hydrogens (primary N) is 1. The summed E-state index contributed by atoms with van der Waals surface area (Å²) in [4.78, 5) is 27.8. The van der Waals surface area contributed by atoms with Crippen LogP contribution in [0.2, 0.25) is 0 Å². The predicted octanol–water partition coefficient (Wildman–Crippen LogP) is 2.74. The zero-order valence-electron chi connectivity index (χ0n) is 13.3. The predicted molar refractivity (Wildman–Crippen MR) is 88.1 cm³/mol. The van der Waals surface area contributed by atoms with Gasteiger partial charge >= 0.3 is 0 Å². The van der Waals surface area contributed by atoms with E-state index in [1.54, 1.807) is 24.5 Å². The molecule has 0 aromatic carbocycles. The van der Waals surface area contributed by atoms with E-state index < -0.39 is 5.91 Å². The summed E-state index contributed by atoms with van der Waals surface area (Å²) in [6.45, 7) is 0. The van der Waals surface area contributed by atoms with Crippen molar-refractivity contribution in [2.75, 3.05) is 5.32 Å². The Morgan fingerprint density at radius 3 is 2.62 bits per heavy atom. The van der Waals surface area contributed by atoms with Crippen molar-refractivity contribution in [2.24, 2.45) is 11.7 Å². The fraction of sp³-hybridized carbons (Fsp3) is 0.412. The van der Waals surface area contributed by atoms with E-state index >= 15 is 0 Å². The van der Waals surface area contributed by atoms with Gasteiger partial charge in [-0.25, -0.2) is 0 Å². The fourth-order valence-corrected chi connectivity index (χ4v) is 3.13. The summed E-state index contributed by atoms with van der Waals surface area (Å²) in [5, 5.41) is 6.50. The number of nitrogens with one attached hydrogen (secondary N) is 1. The number of rotatable bonds is 6. The third-order valence-corrected chi connectivity index (χ3v) is 4.40. The minimum atomic E-state index is -0.700. The number of carbonyl (C=O) groups excluding carboxylic acids is 2. The monoisotopic (exact) mass is 328 g/mol. The lowest BCUT2D eigenvalue weighted by atomic mass is 10.0. The third-order valence-electron chi connectivity index (χ3n) is 4.40. The summed E-state index contributed by atoms with van der Waals surface area (Å²) in [5.41, 5.74) is 6.47. The van der Waals surface area contributed by atoms with Crippen LogP contribution in [0, 0.1) is 5.92 Å². The van der Waals surface area contributed by atoms with Crippen LogP contribution in [0.25, 0.3) is 11.3 Å². The lowest BCUT2D eigenvalue weighted by molar-refractivity contribution is -0.116. The van der Waals surface area contributed by atoms with E-state index in [1.807, 2.05) is 0 Å². The number of primary amides is 1. The minimum Gasteiger partial charge on any atom is -0.365 e. The normalized spacial score (nSPS) is 14.7. The number of aromatic nitrogens is 2. The Morgan fingerprint density at radius 1 is 1.25 bits per heavy atom. The van der Waals surface area contributed by atoms with Crippen molar-refractivity contribution in [1.29, 1.82) is 0 Å². The quantitative estimate of drug-likeness (QED) is 0.847. The highest BCUT2D eigenvalue weighted by molar-refractivity contribution is 6.05. The molecule has 24 heavy (non-hydrogen) atoms. The molecule has 1 aliphatic carbocycles. The molecule has 0 saturated heterocycles. The maximum atomic E-state index is 12.1. The van der Waals surface area contributed by atoms with E-state index in [-0.39, 0.29) is 17.4 Å². The summed E-state index contributed by atoms with van der Waals surface area (Å²) < 4.78 is 5.15. The lowest BCUT2D eigenvalue weighted by Crippen LogP contribution is -2.18. The third kappa shape index (κ3) is 3.61. The van der Waals surface area contributed by atoms with Crippen molar-refractivity contribution < 1.29 is 14.1 Å². The van der Waals surface area contributed by atoms with Crippen molar-refractivity contribution in [2.45, 2.75) is 38.5 Å². The Labute approximate surface area is 139 Å². The first-order valence-electron chi connectivity index (χ1n) is 8.15. The number of carbonyl (C=O) groups is 2. The van der Waals surface area contributed by atoms with Crippen LogP contribution in [0.5, 0.6) is 0 Å². The Bertz CT molecular complexity index is 721. The molecule has 0 unspecified atom stereocenters. The van der Waals surface area contributed by atoms with Gasteiger partial charge in [0, 0.05) is 24.4 Å². The number of pyridine rings is 1. The van der Waals surface area contributed by atoms with Crippen molar-refractivity contribution >= 4 is 17.7 Å². The topological polar surface area (TPSA) is 111 Å². The molecule has 7 nitrogen and oxygen atoms in total. The highest BCUT2D eigenvalue weighted by Gasteiger charge is 2.24. The second kappa shape index (κ2) is 7.25. The smallest absolute Gasteiger partial charge is 0.256 e. The van der Waals surface area contributed by atoms with E-state index in [0.29, 0.717) is 23.6 Å². The zero-order valence-corrected chi connectivity index (χ0v) is 13.3. The first-order chi connectivity index (χ1) is 11.6. The van der Waals surface area contributed by atoms with Crippen molar-refractivity contribution in [1.82, 2.24) is 10.1 Å². The molecule has 0 radical (unpaired) electrons. The maximum Gasteiger partial charge on any atom is 0.256 e. The van der Waals surface area contributed by atoms with Crippen LogP contribution in [0.3, 0.4) is 0 Å². The van der Waals surface area contributed by atoms with Gasteiger partial charge in [0.2, 0.25) is 11.8 Å². The molecule has 0 bridgehead atoms. The van der Waals surface area contributed by atoms with Crippen LogP contribution in [0.15, 0.2) is 29.0 Å². The van der Waals surface area contributed by atoms with Gasteiger partial charge in [-0.2, -0.15) is 0 Å². The van der Waals surface area contributed by atoms with Crippen LogP contribution in [0.1, 0.15) is 48.9 Å². The summed E-state index contributed by atoms with van der Waals surface area (Å²) >= 11 is 0. The Hall–Kier alpha value is -2.70. The van der Waals surface area contributed by atoms with Gasteiger partial charge in [-0.1, -0.05) is 30.8 Å². The molecule has 126 valence electrons. The van der Waals surface area contributed by atoms with Crippen LogP contribution < -0.4 is 11.1 Å². The molecule has 1 fully saturated rings. The summed E-state index contributed by atoms with van der Waals surface area (Å²) in [6.07, 6.45) is 9.27. The number of nitrogens with zero attached hydrogens (tertiary/aromatic N) is 2. The standard InChI is InChI=1S/C17H20N4O3/c18-16(23)14-15(12-7-9-19-10-8-12)21-24-17(14)20-13(22)6-5-11-3-1-2-4-11/h7-11H,1-6H2,(H2,18,23)(H,20,22). The molecular weight excluding hydrogens is 308 g/mol. The van der Waals surface area contributed by atoms with Gasteiger partial charge in [0.1, 0.15) is 11.3 Å². The molecule has 1 saturated carbocycles. The second-order valence-electron chi connectivity index (χ2n) is 6.07. The molecule has 3 rings (SSSR count). The van der Waals surface area contributed by atoms with E-state index in [0.717, 1.165) is 6.42 Å². The van der Waals surface area contributed by atoms with E-state index in [4.69, 9.17) is 10.3 Å². The van der Waals surface area contributed by atoms with Crippen LogP contribution in [0.4, 0.5) is 5.88 Å². The Morgan fingerprint density at radius 2 is 1.96 bits per heavy atom. The summed E-state index contributed by atoms with van der Waals surface area (Å²) in [7, 11) is 0. The van der Waals surface area contributed by atoms with Gasteiger partial charge in [-0.3, -0.25) is 19.9 Å². The van der Waals surface area contributed by atoms with Crippen LogP contribution in [-0.4, -0.2) is 22.0 Å². The molecule has 2 aromatic heterocycles. The van der Waals surface area contributed by atoms with Crippen molar-refractivity contribution in [3.8, 4) is 11.3 Å². The van der Waals surface area contributed by atoms with Gasteiger partial charge < -0.3 is 10.3 Å². The molecule has 2 amide bonds. The van der Waals surface area contributed by atoms with Crippen LogP contribution in [-0.2, 0) is 4.79 Å². The van der Waals surface area contributed by atoms with Crippen molar-refractivity contribution in [3.05, 3.63) is 30.1 Å². The SMILES string of the molecule is NC(=O)c1c(-c2ccncc2)noc1NC(=O)CCC1CCCC1. The molecular formula is C17H20N4O3. The van der Waals surface area contributed by atoms with Gasteiger partial charge in [0.05, 0.1) is 0 Å². The first-order valence-corrected chi connectivity index (χ1v) is 8.15. The highest BCUT2D eigenvalue weighted by atomic mass is 16.5. The van der Waals surface area contributed by atoms with Crippen LogP contribution >= 0.6 is 0 Å². The summed E-state index contributed by atoms with van der Waals surface area (Å²) in [5.74, 6) is -0.268. The number of hydrogen-bond donors (Lipinski definition) is 2. The molecule has 0 spiro atoms. The van der Waals surface area contributed by atoms with Crippen molar-refractivity contribution in [3.63, 3.8) is 0 Å². The highest BCUT2D eigenvalue weighted by Crippen LogP contribution is 2.30.